The number of nitrogens with zero attached hydrogens (tertiary/aromatic N) is 2. The van der Waals surface area contributed by atoms with Crippen molar-refractivity contribution in [2.75, 3.05) is 46.9 Å². The van der Waals surface area contributed by atoms with Crippen LogP contribution >= 0.6 is 0 Å². The van der Waals surface area contributed by atoms with E-state index in [1.54, 1.807) is 14.2 Å². The van der Waals surface area contributed by atoms with Gasteiger partial charge in [0, 0.05) is 26.2 Å². The number of rotatable bonds is 6. The van der Waals surface area contributed by atoms with Gasteiger partial charge in [-0.25, -0.2) is 4.79 Å². The Morgan fingerprint density at radius 2 is 1.73 bits per heavy atom. The number of hydrogen-bond acceptors (Lipinski definition) is 4. The smallest absolute Gasteiger partial charge is 0.317 e. The Labute approximate surface area is 181 Å². The number of benzene rings is 1. The van der Waals surface area contributed by atoms with E-state index in [0.29, 0.717) is 11.5 Å². The fourth-order valence-electron chi connectivity index (χ4n) is 4.91. The first-order valence-corrected chi connectivity index (χ1v) is 11.5. The predicted octanol–water partition coefficient (Wildman–Crippen LogP) is 4.37. The number of carbonyl (C=O) groups excluding carboxylic acids is 1. The van der Waals surface area contributed by atoms with E-state index in [0.717, 1.165) is 49.6 Å². The van der Waals surface area contributed by atoms with Crippen LogP contribution in [0.1, 0.15) is 62.6 Å². The molecule has 0 aromatic heterocycles. The summed E-state index contributed by atoms with van der Waals surface area (Å²) in [6.45, 7) is 8.98. The van der Waals surface area contributed by atoms with Crippen molar-refractivity contribution in [2.24, 2.45) is 5.92 Å². The number of ether oxygens (including phenoxy) is 2. The molecular weight excluding hydrogens is 378 g/mol. The molecule has 168 valence electrons. The molecule has 2 amide bonds. The lowest BCUT2D eigenvalue weighted by Gasteiger charge is -2.29. The van der Waals surface area contributed by atoms with Crippen LogP contribution in [0, 0.1) is 12.8 Å². The Kier molecular flexibility index (Phi) is 8.25. The molecule has 30 heavy (non-hydrogen) atoms. The monoisotopic (exact) mass is 417 g/mol. The van der Waals surface area contributed by atoms with Gasteiger partial charge < -0.3 is 24.6 Å². The maximum atomic E-state index is 13.0. The van der Waals surface area contributed by atoms with Gasteiger partial charge in [0.2, 0.25) is 0 Å². The molecule has 2 aliphatic rings. The van der Waals surface area contributed by atoms with Crippen molar-refractivity contribution in [1.82, 2.24) is 15.1 Å². The molecule has 1 aromatic carbocycles. The molecule has 6 heteroatoms. The highest BCUT2D eigenvalue weighted by molar-refractivity contribution is 5.75. The van der Waals surface area contributed by atoms with Crippen molar-refractivity contribution < 1.29 is 14.3 Å². The number of urea groups is 1. The SMILES string of the molecule is COc1cc(C)c(C(C)NC(=O)N2CCCN(CC3CCCCC3)CC2)cc1OC. The summed E-state index contributed by atoms with van der Waals surface area (Å²) in [6, 6.07) is 3.86. The van der Waals surface area contributed by atoms with E-state index in [1.807, 2.05) is 30.9 Å². The van der Waals surface area contributed by atoms with Gasteiger partial charge in [0.15, 0.2) is 11.5 Å². The Hall–Kier alpha value is -1.95. The lowest BCUT2D eigenvalue weighted by atomic mass is 9.89. The number of amides is 2. The second-order valence-corrected chi connectivity index (χ2v) is 8.88. The van der Waals surface area contributed by atoms with Gasteiger partial charge in [-0.2, -0.15) is 0 Å². The molecule has 1 N–H and O–H groups in total. The molecule has 1 aliphatic heterocycles. The van der Waals surface area contributed by atoms with Crippen LogP contribution in [0.15, 0.2) is 12.1 Å². The molecule has 1 aromatic rings. The van der Waals surface area contributed by atoms with Gasteiger partial charge in [0.1, 0.15) is 0 Å². The minimum atomic E-state index is -0.0982. The van der Waals surface area contributed by atoms with Crippen LogP contribution in [0.5, 0.6) is 11.5 Å². The second kappa shape index (κ2) is 10.9. The van der Waals surface area contributed by atoms with Gasteiger partial charge in [-0.3, -0.25) is 0 Å². The highest BCUT2D eigenvalue weighted by atomic mass is 16.5. The predicted molar refractivity (Wildman–Crippen MR) is 120 cm³/mol. The summed E-state index contributed by atoms with van der Waals surface area (Å²) >= 11 is 0. The van der Waals surface area contributed by atoms with Crippen LogP contribution in [0.25, 0.3) is 0 Å². The molecule has 1 saturated heterocycles. The van der Waals surface area contributed by atoms with Gasteiger partial charge in [0.05, 0.1) is 20.3 Å². The maximum absolute atomic E-state index is 13.0. The zero-order valence-corrected chi connectivity index (χ0v) is 19.2. The normalized spacial score (nSPS) is 19.8. The van der Waals surface area contributed by atoms with E-state index in [9.17, 15) is 4.79 Å². The lowest BCUT2D eigenvalue weighted by Crippen LogP contribution is -2.43. The first-order valence-electron chi connectivity index (χ1n) is 11.5. The third kappa shape index (κ3) is 5.81. The fourth-order valence-corrected chi connectivity index (χ4v) is 4.91. The molecule has 1 heterocycles. The minimum Gasteiger partial charge on any atom is -0.493 e. The Bertz CT molecular complexity index is 703. The molecule has 3 rings (SSSR count). The highest BCUT2D eigenvalue weighted by Gasteiger charge is 2.24. The topological polar surface area (TPSA) is 54.0 Å². The standard InChI is InChI=1S/C24H39N3O3/c1-18-15-22(29-3)23(30-4)16-21(18)19(2)25-24(28)27-12-8-11-26(13-14-27)17-20-9-6-5-7-10-20/h15-16,19-20H,5-14,17H2,1-4H3,(H,25,28). The molecule has 0 spiro atoms. The third-order valence-corrected chi connectivity index (χ3v) is 6.70. The van der Waals surface area contributed by atoms with Crippen LogP contribution < -0.4 is 14.8 Å². The van der Waals surface area contributed by atoms with Crippen molar-refractivity contribution in [3.63, 3.8) is 0 Å². The summed E-state index contributed by atoms with van der Waals surface area (Å²) < 4.78 is 10.8. The van der Waals surface area contributed by atoms with Crippen LogP contribution in [0.3, 0.4) is 0 Å². The van der Waals surface area contributed by atoms with Gasteiger partial charge >= 0.3 is 6.03 Å². The van der Waals surface area contributed by atoms with Crippen molar-refractivity contribution in [3.8, 4) is 11.5 Å². The van der Waals surface area contributed by atoms with E-state index < -0.39 is 0 Å². The van der Waals surface area contributed by atoms with Gasteiger partial charge in [0.25, 0.3) is 0 Å². The molecular formula is C24H39N3O3. The zero-order chi connectivity index (χ0) is 21.5. The summed E-state index contributed by atoms with van der Waals surface area (Å²) in [7, 11) is 3.27. The Morgan fingerprint density at radius 3 is 2.43 bits per heavy atom. The number of methoxy groups -OCH3 is 2. The third-order valence-electron chi connectivity index (χ3n) is 6.70. The van der Waals surface area contributed by atoms with E-state index in [4.69, 9.17) is 9.47 Å². The van der Waals surface area contributed by atoms with Gasteiger partial charge in [-0.05, 0) is 68.8 Å². The van der Waals surface area contributed by atoms with E-state index in [1.165, 1.54) is 38.6 Å². The first-order chi connectivity index (χ1) is 14.5. The van der Waals surface area contributed by atoms with Gasteiger partial charge in [-0.1, -0.05) is 19.3 Å². The second-order valence-electron chi connectivity index (χ2n) is 8.88. The Morgan fingerprint density at radius 1 is 1.03 bits per heavy atom. The summed E-state index contributed by atoms with van der Waals surface area (Å²) in [5, 5.41) is 3.19. The molecule has 1 saturated carbocycles. The average Bonchev–Trinajstić information content (AvgIpc) is 2.99. The number of aryl methyl sites for hydroxylation is 1. The molecule has 0 bridgehead atoms. The van der Waals surface area contributed by atoms with Crippen LogP contribution in [-0.4, -0.2) is 62.8 Å². The number of carbonyl (C=O) groups is 1. The largest absolute Gasteiger partial charge is 0.493 e. The average molecular weight is 418 g/mol. The molecule has 2 fully saturated rings. The summed E-state index contributed by atoms with van der Waals surface area (Å²) in [4.78, 5) is 17.5. The zero-order valence-electron chi connectivity index (χ0n) is 19.2. The van der Waals surface area contributed by atoms with Gasteiger partial charge in [-0.15, -0.1) is 0 Å². The molecule has 0 radical (unpaired) electrons. The van der Waals surface area contributed by atoms with Crippen LogP contribution in [0.2, 0.25) is 0 Å². The van der Waals surface area contributed by atoms with E-state index >= 15 is 0 Å². The maximum Gasteiger partial charge on any atom is 0.317 e. The molecule has 1 aliphatic carbocycles. The summed E-state index contributed by atoms with van der Waals surface area (Å²) in [5.74, 6) is 2.25. The van der Waals surface area contributed by atoms with Crippen molar-refractivity contribution in [2.45, 2.75) is 58.4 Å². The van der Waals surface area contributed by atoms with Crippen LogP contribution in [0.4, 0.5) is 4.79 Å². The molecule has 1 unspecified atom stereocenters. The molecule has 6 nitrogen and oxygen atoms in total. The van der Waals surface area contributed by atoms with Crippen molar-refractivity contribution in [1.29, 1.82) is 0 Å². The summed E-state index contributed by atoms with van der Waals surface area (Å²) in [5.41, 5.74) is 2.13. The quantitative estimate of drug-likeness (QED) is 0.747. The number of hydrogen-bond donors (Lipinski definition) is 1. The van der Waals surface area contributed by atoms with Crippen molar-refractivity contribution >= 4 is 6.03 Å². The number of nitrogens with one attached hydrogen (secondary N) is 1. The van der Waals surface area contributed by atoms with E-state index in [2.05, 4.69) is 10.2 Å². The first kappa shape index (κ1) is 22.7. The lowest BCUT2D eigenvalue weighted by molar-refractivity contribution is 0.187. The summed E-state index contributed by atoms with van der Waals surface area (Å²) in [6.07, 6.45) is 7.98. The van der Waals surface area contributed by atoms with E-state index in [-0.39, 0.29) is 12.1 Å². The highest BCUT2D eigenvalue weighted by Crippen LogP contribution is 2.33. The van der Waals surface area contributed by atoms with Crippen LogP contribution in [-0.2, 0) is 0 Å². The Balaban J connectivity index is 1.55. The fraction of sp³-hybridized carbons (Fsp3) is 0.708. The minimum absolute atomic E-state index is 0.0243. The molecule has 1 atom stereocenters. The van der Waals surface area contributed by atoms with Crippen molar-refractivity contribution in [3.05, 3.63) is 23.3 Å².